The Labute approximate surface area is 125 Å². The maximum absolute atomic E-state index is 12.3. The van der Waals surface area contributed by atoms with Crippen LogP contribution >= 0.6 is 0 Å². The lowest BCUT2D eigenvalue weighted by Crippen LogP contribution is -2.12. The van der Waals surface area contributed by atoms with Gasteiger partial charge in [-0.2, -0.15) is 0 Å². The highest BCUT2D eigenvalue weighted by atomic mass is 16.6. The number of benzene rings is 1. The van der Waals surface area contributed by atoms with E-state index >= 15 is 0 Å². The van der Waals surface area contributed by atoms with Crippen molar-refractivity contribution in [1.29, 1.82) is 0 Å². The number of hydrogen-bond donors (Lipinski definition) is 0. The number of rotatable bonds is 5. The van der Waals surface area contributed by atoms with Crippen LogP contribution in [0.2, 0.25) is 0 Å². The summed E-state index contributed by atoms with van der Waals surface area (Å²) in [7, 11) is 1.38. The molecule has 0 radical (unpaired) electrons. The molecule has 22 heavy (non-hydrogen) atoms. The number of ether oxygens (including phenoxy) is 2. The van der Waals surface area contributed by atoms with Crippen LogP contribution in [0.4, 0.5) is 5.69 Å². The molecule has 0 saturated heterocycles. The molecular weight excluding hydrogens is 292 g/mol. The fourth-order valence-electron chi connectivity index (χ4n) is 1.93. The second-order valence-corrected chi connectivity index (χ2v) is 4.40. The van der Waals surface area contributed by atoms with Gasteiger partial charge in [-0.3, -0.25) is 10.1 Å². The molecule has 1 heterocycles. The predicted octanol–water partition coefficient (Wildman–Crippen LogP) is 2.68. The number of non-ortho nitro benzene ring substituents is 1. The molecule has 0 N–H and O–H groups in total. The number of carbonyl (C=O) groups excluding carboxylic acids is 1. The van der Waals surface area contributed by atoms with Crippen molar-refractivity contribution in [2.24, 2.45) is 0 Å². The first-order valence-corrected chi connectivity index (χ1v) is 6.47. The zero-order valence-corrected chi connectivity index (χ0v) is 12.3. The third-order valence-corrected chi connectivity index (χ3v) is 3.03. The maximum atomic E-state index is 12.3. The van der Waals surface area contributed by atoms with E-state index in [-0.39, 0.29) is 22.7 Å². The van der Waals surface area contributed by atoms with E-state index in [1.54, 1.807) is 6.92 Å². The molecule has 8 nitrogen and oxygen atoms in total. The van der Waals surface area contributed by atoms with Gasteiger partial charge in [0.25, 0.3) is 5.69 Å². The van der Waals surface area contributed by atoms with Crippen molar-refractivity contribution < 1.29 is 23.7 Å². The van der Waals surface area contributed by atoms with Gasteiger partial charge >= 0.3 is 5.97 Å². The normalized spacial score (nSPS) is 10.3. The summed E-state index contributed by atoms with van der Waals surface area (Å²) < 4.78 is 15.2. The Hall–Kier alpha value is -2.90. The fraction of sp³-hybridized carbons (Fsp3) is 0.286. The summed E-state index contributed by atoms with van der Waals surface area (Å²) in [6.45, 7) is 3.41. The first-order valence-electron chi connectivity index (χ1n) is 6.47. The van der Waals surface area contributed by atoms with Gasteiger partial charge in [0.05, 0.1) is 23.8 Å². The number of aryl methyl sites for hydroxylation is 2. The zero-order valence-electron chi connectivity index (χ0n) is 12.3. The molecule has 0 fully saturated rings. The average Bonchev–Trinajstić information content (AvgIpc) is 2.88. The van der Waals surface area contributed by atoms with E-state index in [1.807, 2.05) is 6.92 Å². The van der Waals surface area contributed by atoms with Crippen LogP contribution in [0.1, 0.15) is 28.7 Å². The molecule has 1 aromatic heterocycles. The van der Waals surface area contributed by atoms with Crippen molar-refractivity contribution in [3.05, 3.63) is 45.3 Å². The topological polar surface area (TPSA) is 105 Å². The summed E-state index contributed by atoms with van der Waals surface area (Å²) in [5, 5.41) is 14.6. The highest BCUT2D eigenvalue weighted by Gasteiger charge is 2.23. The maximum Gasteiger partial charge on any atom is 0.349 e. The molecule has 2 rings (SSSR count). The Kier molecular flexibility index (Phi) is 4.40. The predicted molar refractivity (Wildman–Crippen MR) is 75.2 cm³/mol. The van der Waals surface area contributed by atoms with Crippen molar-refractivity contribution in [3.63, 3.8) is 0 Å². The number of aromatic nitrogens is 1. The molecule has 0 unspecified atom stereocenters. The molecule has 0 aliphatic carbocycles. The monoisotopic (exact) mass is 306 g/mol. The van der Waals surface area contributed by atoms with Crippen LogP contribution in [-0.4, -0.2) is 23.2 Å². The Morgan fingerprint density at radius 1 is 1.41 bits per heavy atom. The zero-order chi connectivity index (χ0) is 16.3. The van der Waals surface area contributed by atoms with Gasteiger partial charge in [-0.1, -0.05) is 12.1 Å². The Morgan fingerprint density at radius 3 is 2.73 bits per heavy atom. The Bertz CT molecular complexity index is 722. The molecule has 116 valence electrons. The summed E-state index contributed by atoms with van der Waals surface area (Å²) in [5.74, 6) is -0.198. The number of hydrogen-bond acceptors (Lipinski definition) is 7. The van der Waals surface area contributed by atoms with E-state index in [9.17, 15) is 14.9 Å². The summed E-state index contributed by atoms with van der Waals surface area (Å²) in [4.78, 5) is 22.5. The first-order chi connectivity index (χ1) is 10.5. The minimum Gasteiger partial charge on any atom is -0.493 e. The van der Waals surface area contributed by atoms with Gasteiger partial charge in [-0.15, -0.1) is 0 Å². The van der Waals surface area contributed by atoms with Crippen molar-refractivity contribution in [2.75, 3.05) is 7.11 Å². The minimum absolute atomic E-state index is 0.0376. The first kappa shape index (κ1) is 15.5. The van der Waals surface area contributed by atoms with Crippen molar-refractivity contribution in [1.82, 2.24) is 5.16 Å². The molecule has 0 atom stereocenters. The number of carbonyl (C=O) groups is 1. The average molecular weight is 306 g/mol. The van der Waals surface area contributed by atoms with Crippen LogP contribution in [0, 0.1) is 17.0 Å². The SMILES string of the molecule is CCc1noc(C)c1C(=O)Oc1cc([N+](=O)[O-])ccc1OC. The van der Waals surface area contributed by atoms with Crippen LogP contribution in [0.15, 0.2) is 22.7 Å². The number of nitro groups is 1. The smallest absolute Gasteiger partial charge is 0.349 e. The van der Waals surface area contributed by atoms with Gasteiger partial charge in [-0.25, -0.2) is 4.79 Å². The summed E-state index contributed by atoms with van der Waals surface area (Å²) >= 11 is 0. The van der Waals surface area contributed by atoms with E-state index in [4.69, 9.17) is 14.0 Å². The molecule has 2 aromatic rings. The minimum atomic E-state index is -0.700. The van der Waals surface area contributed by atoms with Crippen LogP contribution in [0.5, 0.6) is 11.5 Å². The largest absolute Gasteiger partial charge is 0.493 e. The molecule has 0 amide bonds. The Morgan fingerprint density at radius 2 is 2.14 bits per heavy atom. The second kappa shape index (κ2) is 6.25. The van der Waals surface area contributed by atoms with Crippen molar-refractivity contribution >= 4 is 11.7 Å². The number of nitrogens with zero attached hydrogens (tertiary/aromatic N) is 2. The fourth-order valence-corrected chi connectivity index (χ4v) is 1.93. The van der Waals surface area contributed by atoms with Crippen LogP contribution in [0.25, 0.3) is 0 Å². The third-order valence-electron chi connectivity index (χ3n) is 3.03. The van der Waals surface area contributed by atoms with Gasteiger partial charge in [0, 0.05) is 6.07 Å². The van der Waals surface area contributed by atoms with E-state index in [0.29, 0.717) is 17.9 Å². The number of nitro benzene ring substituents is 1. The van der Waals surface area contributed by atoms with E-state index < -0.39 is 10.9 Å². The molecule has 8 heteroatoms. The van der Waals surface area contributed by atoms with Gasteiger partial charge in [0.1, 0.15) is 11.3 Å². The van der Waals surface area contributed by atoms with E-state index in [1.165, 1.54) is 19.2 Å². The molecule has 0 aliphatic heterocycles. The van der Waals surface area contributed by atoms with Gasteiger partial charge in [0.15, 0.2) is 11.5 Å². The summed E-state index contributed by atoms with van der Waals surface area (Å²) in [6, 6.07) is 3.76. The lowest BCUT2D eigenvalue weighted by atomic mass is 10.1. The van der Waals surface area contributed by atoms with Crippen molar-refractivity contribution in [3.8, 4) is 11.5 Å². The standard InChI is InChI=1S/C14H14N2O6/c1-4-10-13(8(2)22-15-10)14(17)21-12-7-9(16(18)19)5-6-11(12)20-3/h5-7H,4H2,1-3H3. The molecular formula is C14H14N2O6. The quantitative estimate of drug-likeness (QED) is 0.362. The molecule has 0 bridgehead atoms. The van der Waals surface area contributed by atoms with Crippen molar-refractivity contribution in [2.45, 2.75) is 20.3 Å². The molecule has 0 spiro atoms. The second-order valence-electron chi connectivity index (χ2n) is 4.40. The molecule has 1 aromatic carbocycles. The Balaban J connectivity index is 2.37. The lowest BCUT2D eigenvalue weighted by Gasteiger charge is -2.08. The van der Waals surface area contributed by atoms with Gasteiger partial charge < -0.3 is 14.0 Å². The van der Waals surface area contributed by atoms with Crippen LogP contribution in [-0.2, 0) is 6.42 Å². The highest BCUT2D eigenvalue weighted by Crippen LogP contribution is 2.32. The van der Waals surface area contributed by atoms with E-state index in [0.717, 1.165) is 6.07 Å². The van der Waals surface area contributed by atoms with Gasteiger partial charge in [0.2, 0.25) is 0 Å². The molecule has 0 saturated carbocycles. The summed E-state index contributed by atoms with van der Waals surface area (Å²) in [6.07, 6.45) is 0.494. The third kappa shape index (κ3) is 2.90. The highest BCUT2D eigenvalue weighted by molar-refractivity contribution is 5.93. The van der Waals surface area contributed by atoms with Gasteiger partial charge in [-0.05, 0) is 19.4 Å². The number of methoxy groups -OCH3 is 1. The summed E-state index contributed by atoms with van der Waals surface area (Å²) in [5.41, 5.74) is 0.476. The van der Waals surface area contributed by atoms with Crippen LogP contribution in [0.3, 0.4) is 0 Å². The van der Waals surface area contributed by atoms with Crippen LogP contribution < -0.4 is 9.47 Å². The van der Waals surface area contributed by atoms with E-state index in [2.05, 4.69) is 5.16 Å². The lowest BCUT2D eigenvalue weighted by molar-refractivity contribution is -0.384. The molecule has 0 aliphatic rings. The number of esters is 1.